The number of nitro benzene ring substituents is 1. The number of benzene rings is 1. The second-order valence-electron chi connectivity index (χ2n) is 4.07. The van der Waals surface area contributed by atoms with Crippen molar-refractivity contribution < 1.29 is 9.72 Å². The Kier molecular flexibility index (Phi) is 3.06. The summed E-state index contributed by atoms with van der Waals surface area (Å²) < 4.78 is 0. The van der Waals surface area contributed by atoms with Gasteiger partial charge in [-0.15, -0.1) is 0 Å². The smallest absolute Gasteiger partial charge is 0.282 e. The second-order valence-corrected chi connectivity index (χ2v) is 4.07. The molecule has 6 heteroatoms. The third-order valence-electron chi connectivity index (χ3n) is 2.84. The maximum absolute atomic E-state index is 12.1. The summed E-state index contributed by atoms with van der Waals surface area (Å²) in [6.07, 6.45) is 0.742. The zero-order valence-electron chi connectivity index (χ0n) is 9.20. The molecular weight excluding hydrogens is 222 g/mol. The van der Waals surface area contributed by atoms with Crippen LogP contribution in [0.4, 0.5) is 5.69 Å². The number of para-hydroxylation sites is 1. The number of amides is 1. The van der Waals surface area contributed by atoms with Crippen LogP contribution in [0.15, 0.2) is 24.3 Å². The van der Waals surface area contributed by atoms with E-state index in [1.54, 1.807) is 17.0 Å². The standard InChI is InChI=1S/C11H13N3O3/c12-8-5-6-13(7-8)11(15)9-3-1-2-4-10(9)14(16)17/h1-4,8H,5-7,12H2/t8-/m1/s1. The molecule has 1 aliphatic heterocycles. The van der Waals surface area contributed by atoms with E-state index >= 15 is 0 Å². The largest absolute Gasteiger partial charge is 0.337 e. The summed E-state index contributed by atoms with van der Waals surface area (Å²) >= 11 is 0. The molecule has 0 saturated carbocycles. The first-order valence-electron chi connectivity index (χ1n) is 5.38. The zero-order chi connectivity index (χ0) is 12.4. The van der Waals surface area contributed by atoms with Crippen molar-refractivity contribution in [2.75, 3.05) is 13.1 Å². The highest BCUT2D eigenvalue weighted by Crippen LogP contribution is 2.21. The van der Waals surface area contributed by atoms with Gasteiger partial charge in [-0.25, -0.2) is 0 Å². The molecule has 1 aliphatic rings. The summed E-state index contributed by atoms with van der Waals surface area (Å²) in [6.45, 7) is 1.02. The first-order valence-corrected chi connectivity index (χ1v) is 5.38. The summed E-state index contributed by atoms with van der Waals surface area (Å²) in [5.41, 5.74) is 5.69. The lowest BCUT2D eigenvalue weighted by Crippen LogP contribution is -2.32. The van der Waals surface area contributed by atoms with Crippen LogP contribution in [0.5, 0.6) is 0 Å². The van der Waals surface area contributed by atoms with E-state index in [1.807, 2.05) is 0 Å². The van der Waals surface area contributed by atoms with Gasteiger partial charge in [0.05, 0.1) is 4.92 Å². The van der Waals surface area contributed by atoms with E-state index in [0.29, 0.717) is 13.1 Å². The van der Waals surface area contributed by atoms with Gasteiger partial charge >= 0.3 is 0 Å². The van der Waals surface area contributed by atoms with Crippen molar-refractivity contribution in [1.82, 2.24) is 4.90 Å². The Morgan fingerprint density at radius 1 is 1.47 bits per heavy atom. The van der Waals surface area contributed by atoms with Gasteiger partial charge in [0.25, 0.3) is 11.6 Å². The molecule has 2 rings (SSSR count). The fraction of sp³-hybridized carbons (Fsp3) is 0.364. The number of carbonyl (C=O) groups is 1. The molecule has 1 amide bonds. The van der Waals surface area contributed by atoms with Crippen molar-refractivity contribution in [3.8, 4) is 0 Å². The number of carbonyl (C=O) groups excluding carboxylic acids is 1. The normalized spacial score (nSPS) is 19.4. The molecule has 0 aliphatic carbocycles. The lowest BCUT2D eigenvalue weighted by atomic mass is 10.1. The van der Waals surface area contributed by atoms with Crippen LogP contribution in [0, 0.1) is 10.1 Å². The van der Waals surface area contributed by atoms with Gasteiger partial charge in [0.1, 0.15) is 5.56 Å². The highest BCUT2D eigenvalue weighted by Gasteiger charge is 2.28. The third-order valence-corrected chi connectivity index (χ3v) is 2.84. The van der Waals surface area contributed by atoms with E-state index in [4.69, 9.17) is 5.73 Å². The molecule has 1 aromatic carbocycles. The molecule has 0 bridgehead atoms. The van der Waals surface area contributed by atoms with Crippen LogP contribution in [0.3, 0.4) is 0 Å². The Hall–Kier alpha value is -1.95. The van der Waals surface area contributed by atoms with Crippen LogP contribution >= 0.6 is 0 Å². The molecule has 1 saturated heterocycles. The summed E-state index contributed by atoms with van der Waals surface area (Å²) in [5.74, 6) is -0.315. The number of nitro groups is 1. The number of hydrogen-bond acceptors (Lipinski definition) is 4. The molecular formula is C11H13N3O3. The first kappa shape index (κ1) is 11.5. The molecule has 0 unspecified atom stereocenters. The Labute approximate surface area is 98.2 Å². The van der Waals surface area contributed by atoms with Crippen molar-refractivity contribution >= 4 is 11.6 Å². The van der Waals surface area contributed by atoms with Crippen LogP contribution in [0.25, 0.3) is 0 Å². The van der Waals surface area contributed by atoms with Gasteiger partial charge in [0.15, 0.2) is 0 Å². The fourth-order valence-corrected chi connectivity index (χ4v) is 1.96. The van der Waals surface area contributed by atoms with E-state index < -0.39 is 4.92 Å². The lowest BCUT2D eigenvalue weighted by molar-refractivity contribution is -0.385. The van der Waals surface area contributed by atoms with Crippen LogP contribution in [0.1, 0.15) is 16.8 Å². The molecule has 0 spiro atoms. The molecule has 1 heterocycles. The predicted octanol–water partition coefficient (Wildman–Crippen LogP) is 0.768. The summed E-state index contributed by atoms with van der Waals surface area (Å²) in [4.78, 5) is 23.9. The van der Waals surface area contributed by atoms with Crippen LogP contribution < -0.4 is 5.73 Å². The minimum absolute atomic E-state index is 0.0262. The summed E-state index contributed by atoms with van der Waals surface area (Å²) in [5, 5.41) is 10.8. The highest BCUT2D eigenvalue weighted by molar-refractivity contribution is 5.98. The first-order chi connectivity index (χ1) is 8.09. The van der Waals surface area contributed by atoms with E-state index in [1.165, 1.54) is 12.1 Å². The quantitative estimate of drug-likeness (QED) is 0.605. The Morgan fingerprint density at radius 3 is 2.76 bits per heavy atom. The van der Waals surface area contributed by atoms with Gasteiger partial charge in [-0.3, -0.25) is 14.9 Å². The van der Waals surface area contributed by atoms with E-state index in [0.717, 1.165) is 6.42 Å². The highest BCUT2D eigenvalue weighted by atomic mass is 16.6. The number of hydrogen-bond donors (Lipinski definition) is 1. The third kappa shape index (κ3) is 2.26. The minimum atomic E-state index is -0.538. The Balaban J connectivity index is 2.28. The average molecular weight is 235 g/mol. The molecule has 17 heavy (non-hydrogen) atoms. The molecule has 1 fully saturated rings. The van der Waals surface area contributed by atoms with Gasteiger partial charge in [0, 0.05) is 25.2 Å². The molecule has 6 nitrogen and oxygen atoms in total. The van der Waals surface area contributed by atoms with Crippen LogP contribution in [-0.4, -0.2) is 34.9 Å². The van der Waals surface area contributed by atoms with Crippen molar-refractivity contribution in [2.24, 2.45) is 5.73 Å². The molecule has 2 N–H and O–H groups in total. The van der Waals surface area contributed by atoms with Crippen LogP contribution in [0.2, 0.25) is 0 Å². The van der Waals surface area contributed by atoms with Gasteiger partial charge in [-0.2, -0.15) is 0 Å². The van der Waals surface area contributed by atoms with Crippen molar-refractivity contribution in [2.45, 2.75) is 12.5 Å². The predicted molar refractivity (Wildman–Crippen MR) is 61.6 cm³/mol. The molecule has 90 valence electrons. The van der Waals surface area contributed by atoms with Gasteiger partial charge < -0.3 is 10.6 Å². The molecule has 0 radical (unpaired) electrons. The molecule has 0 aromatic heterocycles. The lowest BCUT2D eigenvalue weighted by Gasteiger charge is -2.15. The number of rotatable bonds is 2. The summed E-state index contributed by atoms with van der Waals surface area (Å²) in [6, 6.07) is 5.95. The zero-order valence-corrected chi connectivity index (χ0v) is 9.20. The maximum Gasteiger partial charge on any atom is 0.282 e. The number of nitrogens with zero attached hydrogens (tertiary/aromatic N) is 2. The number of nitrogens with two attached hydrogens (primary N) is 1. The topological polar surface area (TPSA) is 89.5 Å². The monoisotopic (exact) mass is 235 g/mol. The Bertz CT molecular complexity index is 461. The molecule has 1 aromatic rings. The number of likely N-dealkylation sites (tertiary alicyclic amines) is 1. The Morgan fingerprint density at radius 2 is 2.18 bits per heavy atom. The van der Waals surface area contributed by atoms with E-state index in [9.17, 15) is 14.9 Å². The second kappa shape index (κ2) is 4.50. The van der Waals surface area contributed by atoms with Gasteiger partial charge in [0.2, 0.25) is 0 Å². The maximum atomic E-state index is 12.1. The van der Waals surface area contributed by atoms with E-state index in [2.05, 4.69) is 0 Å². The fourth-order valence-electron chi connectivity index (χ4n) is 1.96. The average Bonchev–Trinajstić information content (AvgIpc) is 2.75. The summed E-state index contributed by atoms with van der Waals surface area (Å²) in [7, 11) is 0. The van der Waals surface area contributed by atoms with Crippen molar-refractivity contribution in [3.05, 3.63) is 39.9 Å². The SMILES string of the molecule is N[C@@H]1CCN(C(=O)c2ccccc2[N+](=O)[O-])C1. The minimum Gasteiger partial charge on any atom is -0.337 e. The van der Waals surface area contributed by atoms with Gasteiger partial charge in [-0.05, 0) is 12.5 Å². The van der Waals surface area contributed by atoms with Crippen molar-refractivity contribution in [3.63, 3.8) is 0 Å². The van der Waals surface area contributed by atoms with E-state index in [-0.39, 0.29) is 23.2 Å². The van der Waals surface area contributed by atoms with Crippen molar-refractivity contribution in [1.29, 1.82) is 0 Å². The van der Waals surface area contributed by atoms with Gasteiger partial charge in [-0.1, -0.05) is 12.1 Å². The van der Waals surface area contributed by atoms with Crippen LogP contribution in [-0.2, 0) is 0 Å². The molecule has 1 atom stereocenters.